The molecular formula is C11H17BrN2. The Bertz CT molecular complexity index is 286. The summed E-state index contributed by atoms with van der Waals surface area (Å²) in [6, 6.07) is 8.88. The van der Waals surface area contributed by atoms with Gasteiger partial charge in [0.25, 0.3) is 0 Å². The number of nitrogens with two attached hydrogens (primary N) is 1. The van der Waals surface area contributed by atoms with E-state index in [1.54, 1.807) is 0 Å². The van der Waals surface area contributed by atoms with Gasteiger partial charge in [-0.05, 0) is 38.1 Å². The van der Waals surface area contributed by atoms with Gasteiger partial charge in [-0.25, -0.2) is 0 Å². The van der Waals surface area contributed by atoms with Crippen LogP contribution in [0.15, 0.2) is 28.7 Å². The first kappa shape index (κ1) is 11.7. The van der Waals surface area contributed by atoms with Crippen LogP contribution in [-0.4, -0.2) is 13.1 Å². The molecule has 0 aromatic heterocycles. The predicted molar refractivity (Wildman–Crippen MR) is 64.2 cm³/mol. The van der Waals surface area contributed by atoms with Gasteiger partial charge in [0.15, 0.2) is 0 Å². The summed E-state index contributed by atoms with van der Waals surface area (Å²) < 4.78 is 1.11. The van der Waals surface area contributed by atoms with Crippen molar-refractivity contribution < 1.29 is 0 Å². The molecule has 0 saturated carbocycles. The fourth-order valence-electron chi connectivity index (χ4n) is 1.52. The summed E-state index contributed by atoms with van der Waals surface area (Å²) in [5.74, 6) is 0. The summed E-state index contributed by atoms with van der Waals surface area (Å²) in [7, 11) is 1.97. The first-order valence-corrected chi connectivity index (χ1v) is 5.61. The van der Waals surface area contributed by atoms with Gasteiger partial charge < -0.3 is 11.1 Å². The zero-order valence-electron chi connectivity index (χ0n) is 8.63. The molecule has 0 spiro atoms. The second-order valence-electron chi connectivity index (χ2n) is 3.61. The summed E-state index contributed by atoms with van der Waals surface area (Å²) in [5.41, 5.74) is 7.07. The van der Waals surface area contributed by atoms with Crippen molar-refractivity contribution in [2.75, 3.05) is 7.05 Å². The smallest absolute Gasteiger partial charge is 0.0332 e. The van der Waals surface area contributed by atoms with E-state index in [4.69, 9.17) is 5.73 Å². The fourth-order valence-corrected chi connectivity index (χ4v) is 1.93. The lowest BCUT2D eigenvalue weighted by Crippen LogP contribution is -2.25. The molecule has 0 radical (unpaired) electrons. The van der Waals surface area contributed by atoms with Crippen molar-refractivity contribution in [1.29, 1.82) is 0 Å². The van der Waals surface area contributed by atoms with Crippen LogP contribution in [0.5, 0.6) is 0 Å². The molecule has 3 N–H and O–H groups in total. The van der Waals surface area contributed by atoms with Crippen molar-refractivity contribution >= 4 is 15.9 Å². The van der Waals surface area contributed by atoms with Crippen LogP contribution in [0.25, 0.3) is 0 Å². The Hall–Kier alpha value is -0.380. The predicted octanol–water partition coefficient (Wildman–Crippen LogP) is 2.45. The van der Waals surface area contributed by atoms with Crippen LogP contribution in [0, 0.1) is 0 Å². The number of halogens is 1. The average Bonchev–Trinajstić information content (AvgIpc) is 2.14. The van der Waals surface area contributed by atoms with Gasteiger partial charge in [0, 0.05) is 16.6 Å². The Morgan fingerprint density at radius 2 is 2.21 bits per heavy atom. The van der Waals surface area contributed by atoms with Crippen molar-refractivity contribution in [3.05, 3.63) is 34.3 Å². The standard InChI is InChI=1S/C11H17BrN2/c1-8(13)6-11(14-2)9-4-3-5-10(12)7-9/h3-5,7-8,11,14H,6,13H2,1-2H3. The maximum absolute atomic E-state index is 5.79. The zero-order valence-corrected chi connectivity index (χ0v) is 10.2. The minimum atomic E-state index is 0.214. The lowest BCUT2D eigenvalue weighted by Gasteiger charge is -2.18. The third kappa shape index (κ3) is 3.40. The fraction of sp³-hybridized carbons (Fsp3) is 0.455. The third-order valence-electron chi connectivity index (χ3n) is 2.21. The van der Waals surface area contributed by atoms with E-state index in [1.807, 2.05) is 26.1 Å². The maximum atomic E-state index is 5.79. The molecule has 2 unspecified atom stereocenters. The van der Waals surface area contributed by atoms with Gasteiger partial charge >= 0.3 is 0 Å². The average molecular weight is 257 g/mol. The van der Waals surface area contributed by atoms with E-state index in [0.29, 0.717) is 6.04 Å². The molecule has 2 nitrogen and oxygen atoms in total. The number of rotatable bonds is 4. The van der Waals surface area contributed by atoms with E-state index in [-0.39, 0.29) is 6.04 Å². The van der Waals surface area contributed by atoms with Crippen LogP contribution in [0.4, 0.5) is 0 Å². The van der Waals surface area contributed by atoms with E-state index < -0.39 is 0 Å². The molecule has 0 bridgehead atoms. The van der Waals surface area contributed by atoms with Gasteiger partial charge in [0.05, 0.1) is 0 Å². The summed E-state index contributed by atoms with van der Waals surface area (Å²) in [6.45, 7) is 2.03. The molecule has 1 aromatic carbocycles. The molecule has 0 heterocycles. The first-order chi connectivity index (χ1) is 6.63. The van der Waals surface area contributed by atoms with E-state index >= 15 is 0 Å². The molecule has 0 saturated heterocycles. The van der Waals surface area contributed by atoms with Crippen molar-refractivity contribution in [3.8, 4) is 0 Å². The molecule has 0 aliphatic heterocycles. The van der Waals surface area contributed by atoms with Crippen LogP contribution in [-0.2, 0) is 0 Å². The van der Waals surface area contributed by atoms with E-state index in [0.717, 1.165) is 10.9 Å². The molecule has 14 heavy (non-hydrogen) atoms. The van der Waals surface area contributed by atoms with Gasteiger partial charge in [-0.1, -0.05) is 28.1 Å². The number of hydrogen-bond donors (Lipinski definition) is 2. The lowest BCUT2D eigenvalue weighted by molar-refractivity contribution is 0.499. The SMILES string of the molecule is CNC(CC(C)N)c1cccc(Br)c1. The third-order valence-corrected chi connectivity index (χ3v) is 2.70. The summed E-state index contributed by atoms with van der Waals surface area (Å²) in [5, 5.41) is 3.28. The lowest BCUT2D eigenvalue weighted by atomic mass is 10.0. The van der Waals surface area contributed by atoms with Gasteiger partial charge in [-0.2, -0.15) is 0 Å². The van der Waals surface area contributed by atoms with Crippen LogP contribution in [0.2, 0.25) is 0 Å². The highest BCUT2D eigenvalue weighted by atomic mass is 79.9. The number of hydrogen-bond acceptors (Lipinski definition) is 2. The molecule has 0 amide bonds. The largest absolute Gasteiger partial charge is 0.328 e. The molecule has 0 aliphatic carbocycles. The molecular weight excluding hydrogens is 240 g/mol. The molecule has 2 atom stereocenters. The van der Waals surface area contributed by atoms with Crippen molar-refractivity contribution in [3.63, 3.8) is 0 Å². The Kier molecular flexibility index (Phi) is 4.58. The van der Waals surface area contributed by atoms with Crippen LogP contribution in [0.3, 0.4) is 0 Å². The summed E-state index contributed by atoms with van der Waals surface area (Å²) >= 11 is 3.47. The topological polar surface area (TPSA) is 38.0 Å². The van der Waals surface area contributed by atoms with Crippen LogP contribution < -0.4 is 11.1 Å². The minimum Gasteiger partial charge on any atom is -0.328 e. The molecule has 0 aliphatic rings. The van der Waals surface area contributed by atoms with Gasteiger partial charge in [-0.3, -0.25) is 0 Å². The summed E-state index contributed by atoms with van der Waals surface area (Å²) in [6.07, 6.45) is 0.951. The molecule has 1 rings (SSSR count). The van der Waals surface area contributed by atoms with E-state index in [1.165, 1.54) is 5.56 Å². The molecule has 0 fully saturated rings. The van der Waals surface area contributed by atoms with E-state index in [9.17, 15) is 0 Å². The molecule has 78 valence electrons. The van der Waals surface area contributed by atoms with Crippen molar-refractivity contribution in [2.45, 2.75) is 25.4 Å². The normalized spacial score (nSPS) is 15.1. The Morgan fingerprint density at radius 3 is 2.71 bits per heavy atom. The Balaban J connectivity index is 2.78. The highest BCUT2D eigenvalue weighted by Crippen LogP contribution is 2.21. The first-order valence-electron chi connectivity index (χ1n) is 4.81. The minimum absolute atomic E-state index is 0.214. The molecule has 1 aromatic rings. The van der Waals surface area contributed by atoms with E-state index in [2.05, 4.69) is 33.4 Å². The zero-order chi connectivity index (χ0) is 10.6. The number of benzene rings is 1. The van der Waals surface area contributed by atoms with Crippen molar-refractivity contribution in [2.24, 2.45) is 5.73 Å². The molecule has 3 heteroatoms. The quantitative estimate of drug-likeness (QED) is 0.869. The highest BCUT2D eigenvalue weighted by molar-refractivity contribution is 9.10. The Morgan fingerprint density at radius 1 is 1.50 bits per heavy atom. The van der Waals surface area contributed by atoms with Crippen LogP contribution in [0.1, 0.15) is 24.9 Å². The monoisotopic (exact) mass is 256 g/mol. The van der Waals surface area contributed by atoms with Gasteiger partial charge in [-0.15, -0.1) is 0 Å². The second kappa shape index (κ2) is 5.49. The number of nitrogens with one attached hydrogen (secondary N) is 1. The van der Waals surface area contributed by atoms with Crippen molar-refractivity contribution in [1.82, 2.24) is 5.32 Å². The Labute approximate surface area is 94.0 Å². The maximum Gasteiger partial charge on any atom is 0.0332 e. The summed E-state index contributed by atoms with van der Waals surface area (Å²) in [4.78, 5) is 0. The van der Waals surface area contributed by atoms with Crippen LogP contribution >= 0.6 is 15.9 Å². The highest BCUT2D eigenvalue weighted by Gasteiger charge is 2.10. The van der Waals surface area contributed by atoms with Gasteiger partial charge in [0.2, 0.25) is 0 Å². The second-order valence-corrected chi connectivity index (χ2v) is 4.52. The van der Waals surface area contributed by atoms with Gasteiger partial charge in [0.1, 0.15) is 0 Å².